The minimum absolute atomic E-state index is 0.0549. The first-order chi connectivity index (χ1) is 8.77. The van der Waals surface area contributed by atoms with Gasteiger partial charge in [-0.25, -0.2) is 0 Å². The summed E-state index contributed by atoms with van der Waals surface area (Å²) in [6, 6.07) is 10.0. The Morgan fingerprint density at radius 3 is 2.67 bits per heavy atom. The highest BCUT2D eigenvalue weighted by Gasteiger charge is 2.20. The van der Waals surface area contributed by atoms with E-state index in [4.69, 9.17) is 9.15 Å². The minimum atomic E-state index is 0.0549. The molecule has 0 saturated carbocycles. The fraction of sp³-hybridized carbons (Fsp3) is 0.286. The fourth-order valence-corrected chi connectivity index (χ4v) is 2.48. The average Bonchev–Trinajstić information content (AvgIpc) is 2.82. The molecule has 3 nitrogen and oxygen atoms in total. The molecule has 1 unspecified atom stereocenters. The smallest absolute Gasteiger partial charge is 0.174 e. The molecule has 0 radical (unpaired) electrons. The molecule has 2 aromatic rings. The van der Waals surface area contributed by atoms with Crippen molar-refractivity contribution in [1.82, 2.24) is 5.32 Å². The second kappa shape index (κ2) is 6.07. The normalized spacial score (nSPS) is 12.4. The average molecular weight is 310 g/mol. The van der Waals surface area contributed by atoms with Gasteiger partial charge in [0.1, 0.15) is 5.75 Å². The lowest BCUT2D eigenvalue weighted by Gasteiger charge is -2.20. The van der Waals surface area contributed by atoms with Crippen LogP contribution in [0.1, 0.15) is 24.1 Å². The molecule has 1 N–H and O–H groups in total. The van der Waals surface area contributed by atoms with Crippen molar-refractivity contribution in [2.75, 3.05) is 13.7 Å². The predicted octanol–water partition coefficient (Wildman–Crippen LogP) is 3.75. The van der Waals surface area contributed by atoms with Crippen molar-refractivity contribution >= 4 is 15.9 Å². The zero-order valence-electron chi connectivity index (χ0n) is 10.4. The Bertz CT molecular complexity index is 510. The van der Waals surface area contributed by atoms with E-state index in [1.807, 2.05) is 24.3 Å². The quantitative estimate of drug-likeness (QED) is 0.913. The number of rotatable bonds is 5. The Morgan fingerprint density at radius 2 is 2.06 bits per heavy atom. The van der Waals surface area contributed by atoms with Gasteiger partial charge < -0.3 is 14.5 Å². The predicted molar refractivity (Wildman–Crippen MR) is 74.9 cm³/mol. The van der Waals surface area contributed by atoms with Gasteiger partial charge in [0.05, 0.1) is 19.4 Å². The molecule has 18 heavy (non-hydrogen) atoms. The van der Waals surface area contributed by atoms with Crippen molar-refractivity contribution in [3.8, 4) is 5.75 Å². The van der Waals surface area contributed by atoms with E-state index in [-0.39, 0.29) is 6.04 Å². The van der Waals surface area contributed by atoms with Gasteiger partial charge in [0.2, 0.25) is 0 Å². The van der Waals surface area contributed by atoms with Crippen molar-refractivity contribution in [3.63, 3.8) is 0 Å². The van der Waals surface area contributed by atoms with Crippen molar-refractivity contribution < 1.29 is 9.15 Å². The lowest BCUT2D eigenvalue weighted by atomic mass is 10.00. The first kappa shape index (κ1) is 13.2. The highest BCUT2D eigenvalue weighted by Crippen LogP contribution is 2.34. The van der Waals surface area contributed by atoms with Crippen LogP contribution in [0.25, 0.3) is 0 Å². The Balaban J connectivity index is 2.45. The molecule has 0 bridgehead atoms. The molecule has 0 amide bonds. The van der Waals surface area contributed by atoms with Gasteiger partial charge in [-0.15, -0.1) is 0 Å². The fourth-order valence-electron chi connectivity index (χ4n) is 2.01. The molecular weight excluding hydrogens is 294 g/mol. The van der Waals surface area contributed by atoms with E-state index >= 15 is 0 Å². The third-order valence-corrected chi connectivity index (χ3v) is 3.46. The zero-order valence-corrected chi connectivity index (χ0v) is 12.0. The third kappa shape index (κ3) is 2.60. The molecular formula is C14H16BrNO2. The number of nitrogens with one attached hydrogen (secondary N) is 1. The van der Waals surface area contributed by atoms with Gasteiger partial charge in [0, 0.05) is 11.1 Å². The summed E-state index contributed by atoms with van der Waals surface area (Å²) in [6.45, 7) is 2.94. The maximum atomic E-state index is 5.42. The molecule has 2 rings (SSSR count). The molecule has 1 aromatic carbocycles. The number of ether oxygens (including phenoxy) is 1. The molecule has 1 atom stereocenters. The van der Waals surface area contributed by atoms with Crippen molar-refractivity contribution in [1.29, 1.82) is 0 Å². The van der Waals surface area contributed by atoms with E-state index in [0.717, 1.165) is 28.1 Å². The third-order valence-electron chi connectivity index (χ3n) is 2.82. The van der Waals surface area contributed by atoms with Gasteiger partial charge >= 0.3 is 0 Å². The summed E-state index contributed by atoms with van der Waals surface area (Å²) >= 11 is 3.43. The highest BCUT2D eigenvalue weighted by atomic mass is 79.9. The second-order valence-corrected chi connectivity index (χ2v) is 4.60. The number of hydrogen-bond acceptors (Lipinski definition) is 3. The summed E-state index contributed by atoms with van der Waals surface area (Å²) in [5.74, 6) is 0.872. The van der Waals surface area contributed by atoms with Crippen LogP contribution in [-0.2, 0) is 0 Å². The standard InChI is InChI=1S/C14H16BrNO2/c1-3-16-13(11-8-9-18-14(11)15)10-6-4-5-7-12(10)17-2/h4-9,13,16H,3H2,1-2H3. The lowest BCUT2D eigenvalue weighted by Crippen LogP contribution is -2.22. The number of para-hydroxylation sites is 1. The SMILES string of the molecule is CCNC(c1ccccc1OC)c1ccoc1Br. The topological polar surface area (TPSA) is 34.4 Å². The maximum Gasteiger partial charge on any atom is 0.174 e. The first-order valence-electron chi connectivity index (χ1n) is 5.87. The Morgan fingerprint density at radius 1 is 1.28 bits per heavy atom. The van der Waals surface area contributed by atoms with Crippen LogP contribution in [0.2, 0.25) is 0 Å². The Kier molecular flexibility index (Phi) is 4.44. The van der Waals surface area contributed by atoms with Gasteiger partial charge in [0.15, 0.2) is 4.67 Å². The van der Waals surface area contributed by atoms with Gasteiger partial charge in [-0.1, -0.05) is 25.1 Å². The summed E-state index contributed by atoms with van der Waals surface area (Å²) in [5.41, 5.74) is 2.17. The molecule has 0 saturated heterocycles. The van der Waals surface area contributed by atoms with Crippen LogP contribution in [0.15, 0.2) is 45.7 Å². The molecule has 0 aliphatic carbocycles. The maximum absolute atomic E-state index is 5.42. The molecule has 1 aromatic heterocycles. The molecule has 0 aliphatic rings. The van der Waals surface area contributed by atoms with Crippen LogP contribution >= 0.6 is 15.9 Å². The zero-order chi connectivity index (χ0) is 13.0. The van der Waals surface area contributed by atoms with E-state index in [1.54, 1.807) is 13.4 Å². The summed E-state index contributed by atoms with van der Waals surface area (Å²) in [7, 11) is 1.69. The number of halogens is 1. The number of methoxy groups -OCH3 is 1. The van der Waals surface area contributed by atoms with Gasteiger partial charge in [0.25, 0.3) is 0 Å². The van der Waals surface area contributed by atoms with E-state index in [9.17, 15) is 0 Å². The van der Waals surface area contributed by atoms with Gasteiger partial charge in [-0.3, -0.25) is 0 Å². The molecule has 4 heteroatoms. The van der Waals surface area contributed by atoms with Crippen LogP contribution in [0.4, 0.5) is 0 Å². The number of furan rings is 1. The summed E-state index contributed by atoms with van der Waals surface area (Å²) in [6.07, 6.45) is 1.68. The van der Waals surface area contributed by atoms with Crippen molar-refractivity contribution in [3.05, 3.63) is 52.4 Å². The minimum Gasteiger partial charge on any atom is -0.496 e. The first-order valence-corrected chi connectivity index (χ1v) is 6.66. The summed E-state index contributed by atoms with van der Waals surface area (Å²) in [5, 5.41) is 3.45. The van der Waals surface area contributed by atoms with E-state index in [2.05, 4.69) is 34.2 Å². The Hall–Kier alpha value is -1.26. The monoisotopic (exact) mass is 309 g/mol. The highest BCUT2D eigenvalue weighted by molar-refractivity contribution is 9.10. The molecule has 0 aliphatic heterocycles. The van der Waals surface area contributed by atoms with Crippen LogP contribution in [0.3, 0.4) is 0 Å². The van der Waals surface area contributed by atoms with Crippen LogP contribution in [0, 0.1) is 0 Å². The molecule has 1 heterocycles. The molecule has 96 valence electrons. The van der Waals surface area contributed by atoms with Gasteiger partial charge in [-0.2, -0.15) is 0 Å². The Labute approximate surface area is 115 Å². The summed E-state index contributed by atoms with van der Waals surface area (Å²) in [4.78, 5) is 0. The number of benzene rings is 1. The van der Waals surface area contributed by atoms with E-state index < -0.39 is 0 Å². The van der Waals surface area contributed by atoms with Crippen molar-refractivity contribution in [2.45, 2.75) is 13.0 Å². The summed E-state index contributed by atoms with van der Waals surface area (Å²) < 4.78 is 11.5. The second-order valence-electron chi connectivity index (χ2n) is 3.88. The van der Waals surface area contributed by atoms with Crippen LogP contribution in [0.5, 0.6) is 5.75 Å². The van der Waals surface area contributed by atoms with Gasteiger partial charge in [-0.05, 0) is 34.6 Å². The van der Waals surface area contributed by atoms with E-state index in [0.29, 0.717) is 0 Å². The lowest BCUT2D eigenvalue weighted by molar-refractivity contribution is 0.404. The largest absolute Gasteiger partial charge is 0.496 e. The van der Waals surface area contributed by atoms with Crippen LogP contribution in [-0.4, -0.2) is 13.7 Å². The van der Waals surface area contributed by atoms with Crippen molar-refractivity contribution in [2.24, 2.45) is 0 Å². The molecule has 0 spiro atoms. The van der Waals surface area contributed by atoms with E-state index in [1.165, 1.54) is 0 Å². The molecule has 0 fully saturated rings. The van der Waals surface area contributed by atoms with Crippen LogP contribution < -0.4 is 10.1 Å². The number of hydrogen-bond donors (Lipinski definition) is 1.